The summed E-state index contributed by atoms with van der Waals surface area (Å²) in [6.07, 6.45) is 1.11. The van der Waals surface area contributed by atoms with Gasteiger partial charge in [-0.3, -0.25) is 4.79 Å². The zero-order valence-electron chi connectivity index (χ0n) is 12.9. The van der Waals surface area contributed by atoms with E-state index in [1.54, 1.807) is 0 Å². The Morgan fingerprint density at radius 1 is 1.26 bits per heavy atom. The summed E-state index contributed by atoms with van der Waals surface area (Å²) in [7, 11) is 1.32. The topological polar surface area (TPSA) is 81.4 Å². The Morgan fingerprint density at radius 2 is 1.79 bits per heavy atom. The molecule has 0 saturated heterocycles. The predicted octanol–water partition coefficient (Wildman–Crippen LogP) is 1.45. The number of ether oxygens (including phenoxy) is 1. The van der Waals surface area contributed by atoms with Crippen LogP contribution in [0, 0.1) is 11.3 Å². The first-order chi connectivity index (χ1) is 8.56. The van der Waals surface area contributed by atoms with E-state index in [0.717, 1.165) is 0 Å². The lowest BCUT2D eigenvalue weighted by atomic mass is 9.88. The molecule has 0 rings (SSSR count). The van der Waals surface area contributed by atoms with Crippen molar-refractivity contribution >= 4 is 11.9 Å². The molecule has 0 aromatic heterocycles. The molecule has 0 heterocycles. The second-order valence-corrected chi connectivity index (χ2v) is 6.59. The molecule has 0 spiro atoms. The Bertz CT molecular complexity index is 308. The molecule has 0 aliphatic heterocycles. The highest BCUT2D eigenvalue weighted by Gasteiger charge is 2.27. The Balaban J connectivity index is 4.58. The maximum absolute atomic E-state index is 12.0. The third-order valence-electron chi connectivity index (χ3n) is 2.68. The summed E-state index contributed by atoms with van der Waals surface area (Å²) in [6, 6.07) is -1.23. The molecular weight excluding hydrogens is 244 g/mol. The number of nitrogens with one attached hydrogen (secondary N) is 1. The lowest BCUT2D eigenvalue weighted by Gasteiger charge is -2.25. The lowest BCUT2D eigenvalue weighted by molar-refractivity contribution is -0.145. The predicted molar refractivity (Wildman–Crippen MR) is 75.4 cm³/mol. The standard InChI is InChI=1S/C14H28N2O3/c1-9(2)7-11(13(18)19-6)16-12(17)10(15)8-14(3,4)5/h9-11H,7-8,15H2,1-6H3,(H,16,17). The molecule has 0 aliphatic rings. The average molecular weight is 272 g/mol. The fourth-order valence-corrected chi connectivity index (χ4v) is 1.86. The number of nitrogens with two attached hydrogens (primary N) is 1. The van der Waals surface area contributed by atoms with Gasteiger partial charge in [-0.2, -0.15) is 0 Å². The summed E-state index contributed by atoms with van der Waals surface area (Å²) in [5.74, 6) is -0.445. The molecule has 0 bridgehead atoms. The third-order valence-corrected chi connectivity index (χ3v) is 2.68. The van der Waals surface area contributed by atoms with Crippen LogP contribution in [0.1, 0.15) is 47.5 Å². The Hall–Kier alpha value is -1.10. The molecular formula is C14H28N2O3. The number of rotatable bonds is 6. The maximum Gasteiger partial charge on any atom is 0.328 e. The van der Waals surface area contributed by atoms with Gasteiger partial charge in [0.2, 0.25) is 5.91 Å². The Kier molecular flexibility index (Phi) is 7.05. The Morgan fingerprint density at radius 3 is 2.16 bits per heavy atom. The molecule has 0 saturated carbocycles. The van der Waals surface area contributed by atoms with Crippen molar-refractivity contribution in [2.75, 3.05) is 7.11 Å². The molecule has 5 heteroatoms. The van der Waals surface area contributed by atoms with Gasteiger partial charge in [0.1, 0.15) is 6.04 Å². The van der Waals surface area contributed by atoms with Crippen LogP contribution >= 0.6 is 0 Å². The molecule has 1 amide bonds. The normalized spacial score (nSPS) is 14.9. The average Bonchev–Trinajstić information content (AvgIpc) is 2.23. The van der Waals surface area contributed by atoms with Crippen molar-refractivity contribution in [2.45, 2.75) is 59.5 Å². The minimum atomic E-state index is -0.622. The zero-order valence-corrected chi connectivity index (χ0v) is 12.9. The number of amides is 1. The van der Waals surface area contributed by atoms with Gasteiger partial charge in [0.25, 0.3) is 0 Å². The van der Waals surface area contributed by atoms with Crippen LogP contribution in [0.15, 0.2) is 0 Å². The fourth-order valence-electron chi connectivity index (χ4n) is 1.86. The zero-order chi connectivity index (χ0) is 15.2. The van der Waals surface area contributed by atoms with Gasteiger partial charge >= 0.3 is 5.97 Å². The van der Waals surface area contributed by atoms with Crippen LogP contribution in [0.25, 0.3) is 0 Å². The number of carbonyl (C=O) groups excluding carboxylic acids is 2. The van der Waals surface area contributed by atoms with E-state index in [-0.39, 0.29) is 17.2 Å². The number of hydrogen-bond acceptors (Lipinski definition) is 4. The summed E-state index contributed by atoms with van der Waals surface area (Å²) < 4.78 is 4.70. The van der Waals surface area contributed by atoms with E-state index in [9.17, 15) is 9.59 Å². The molecule has 3 N–H and O–H groups in total. The van der Waals surface area contributed by atoms with Crippen LogP contribution in [-0.4, -0.2) is 31.1 Å². The third kappa shape index (κ3) is 7.82. The minimum Gasteiger partial charge on any atom is -0.467 e. The number of methoxy groups -OCH3 is 1. The number of hydrogen-bond donors (Lipinski definition) is 2. The summed E-state index contributed by atoms with van der Waals surface area (Å²) in [5.41, 5.74) is 5.83. The van der Waals surface area contributed by atoms with Crippen molar-refractivity contribution in [3.8, 4) is 0 Å². The van der Waals surface area contributed by atoms with Crippen LogP contribution < -0.4 is 11.1 Å². The van der Waals surface area contributed by atoms with E-state index < -0.39 is 18.1 Å². The van der Waals surface area contributed by atoms with E-state index in [4.69, 9.17) is 10.5 Å². The van der Waals surface area contributed by atoms with E-state index in [1.165, 1.54) is 7.11 Å². The van der Waals surface area contributed by atoms with Crippen molar-refractivity contribution in [3.63, 3.8) is 0 Å². The van der Waals surface area contributed by atoms with Gasteiger partial charge in [-0.1, -0.05) is 34.6 Å². The largest absolute Gasteiger partial charge is 0.467 e. The van der Waals surface area contributed by atoms with Crippen molar-refractivity contribution in [1.82, 2.24) is 5.32 Å². The highest BCUT2D eigenvalue weighted by atomic mass is 16.5. The number of carbonyl (C=O) groups is 2. The minimum absolute atomic E-state index is 0.0322. The summed E-state index contributed by atoms with van der Waals surface area (Å²) in [4.78, 5) is 23.6. The molecule has 112 valence electrons. The van der Waals surface area contributed by atoms with Crippen molar-refractivity contribution in [1.29, 1.82) is 0 Å². The number of esters is 1. The van der Waals surface area contributed by atoms with Crippen LogP contribution in [-0.2, 0) is 14.3 Å². The van der Waals surface area contributed by atoms with E-state index in [1.807, 2.05) is 34.6 Å². The van der Waals surface area contributed by atoms with Gasteiger partial charge in [-0.05, 0) is 24.2 Å². The van der Waals surface area contributed by atoms with E-state index in [2.05, 4.69) is 5.32 Å². The first-order valence-corrected chi connectivity index (χ1v) is 6.70. The smallest absolute Gasteiger partial charge is 0.328 e. The van der Waals surface area contributed by atoms with Gasteiger partial charge in [0.05, 0.1) is 13.2 Å². The molecule has 19 heavy (non-hydrogen) atoms. The molecule has 2 atom stereocenters. The van der Waals surface area contributed by atoms with Gasteiger partial charge < -0.3 is 15.8 Å². The second kappa shape index (κ2) is 7.48. The van der Waals surface area contributed by atoms with Crippen molar-refractivity contribution in [3.05, 3.63) is 0 Å². The van der Waals surface area contributed by atoms with E-state index in [0.29, 0.717) is 12.8 Å². The van der Waals surface area contributed by atoms with Crippen LogP contribution in [0.5, 0.6) is 0 Å². The fraction of sp³-hybridized carbons (Fsp3) is 0.857. The highest BCUT2D eigenvalue weighted by Crippen LogP contribution is 2.20. The van der Waals surface area contributed by atoms with Crippen LogP contribution in [0.3, 0.4) is 0 Å². The van der Waals surface area contributed by atoms with Crippen molar-refractivity contribution < 1.29 is 14.3 Å². The van der Waals surface area contributed by atoms with Crippen LogP contribution in [0.4, 0.5) is 0 Å². The van der Waals surface area contributed by atoms with E-state index >= 15 is 0 Å². The van der Waals surface area contributed by atoms with Crippen molar-refractivity contribution in [2.24, 2.45) is 17.1 Å². The lowest BCUT2D eigenvalue weighted by Crippen LogP contribution is -2.50. The Labute approximate surface area is 116 Å². The quantitative estimate of drug-likeness (QED) is 0.717. The molecule has 0 radical (unpaired) electrons. The molecule has 0 aromatic carbocycles. The van der Waals surface area contributed by atoms with Gasteiger partial charge in [-0.25, -0.2) is 4.79 Å². The molecule has 0 aromatic rings. The van der Waals surface area contributed by atoms with Gasteiger partial charge in [0, 0.05) is 0 Å². The first-order valence-electron chi connectivity index (χ1n) is 6.70. The molecule has 0 aliphatic carbocycles. The second-order valence-electron chi connectivity index (χ2n) is 6.59. The first kappa shape index (κ1) is 17.9. The molecule has 2 unspecified atom stereocenters. The summed E-state index contributed by atoms with van der Waals surface area (Å²) in [6.45, 7) is 10.0. The van der Waals surface area contributed by atoms with Gasteiger partial charge in [-0.15, -0.1) is 0 Å². The van der Waals surface area contributed by atoms with Crippen LogP contribution in [0.2, 0.25) is 0 Å². The highest BCUT2D eigenvalue weighted by molar-refractivity contribution is 5.87. The SMILES string of the molecule is COC(=O)C(CC(C)C)NC(=O)C(N)CC(C)(C)C. The molecule has 5 nitrogen and oxygen atoms in total. The summed E-state index contributed by atoms with van der Waals surface area (Å²) in [5, 5.41) is 2.68. The maximum atomic E-state index is 12.0. The summed E-state index contributed by atoms with van der Waals surface area (Å²) >= 11 is 0. The monoisotopic (exact) mass is 272 g/mol. The van der Waals surface area contributed by atoms with Gasteiger partial charge in [0.15, 0.2) is 0 Å². The molecule has 0 fully saturated rings.